The Hall–Kier alpha value is -4.16. The maximum Gasteiger partial charge on any atom is 0.176 e. The number of hydrogen-bond donors (Lipinski definition) is 2. The van der Waals surface area contributed by atoms with Crippen LogP contribution in [0, 0.1) is 23.7 Å². The third-order valence-corrected chi connectivity index (χ3v) is 7.38. The molecule has 1 saturated heterocycles. The Morgan fingerprint density at radius 2 is 0.700 bits per heavy atom. The molecule has 4 aromatic rings. The molecular weight excluding hydrogens is 492 g/mol. The van der Waals surface area contributed by atoms with E-state index in [0.29, 0.717) is 13.1 Å². The highest BCUT2D eigenvalue weighted by molar-refractivity contribution is 5.45. The van der Waals surface area contributed by atoms with Crippen LogP contribution in [0.1, 0.15) is 22.3 Å². The van der Waals surface area contributed by atoms with E-state index in [2.05, 4.69) is 33.5 Å². The Morgan fingerprint density at radius 3 is 0.950 bits per heavy atom. The van der Waals surface area contributed by atoms with Crippen molar-refractivity contribution in [1.29, 1.82) is 0 Å². The average Bonchev–Trinajstić information content (AvgIpc) is 3.03. The van der Waals surface area contributed by atoms with Gasteiger partial charge in [0, 0.05) is 48.4 Å². The van der Waals surface area contributed by atoms with Crippen molar-refractivity contribution in [3.05, 3.63) is 144 Å². The highest BCUT2D eigenvalue weighted by Gasteiger charge is 2.30. The van der Waals surface area contributed by atoms with Gasteiger partial charge in [-0.2, -0.15) is 0 Å². The second-order valence-corrected chi connectivity index (χ2v) is 10.0. The summed E-state index contributed by atoms with van der Waals surface area (Å²) in [6.07, 6.45) is 0. The summed E-state index contributed by atoms with van der Waals surface area (Å²) < 4.78 is 0. The van der Waals surface area contributed by atoms with Crippen molar-refractivity contribution in [1.82, 2.24) is 9.80 Å². The second-order valence-electron chi connectivity index (χ2n) is 10.0. The molecule has 1 fully saturated rings. The molecule has 0 amide bonds. The zero-order valence-electron chi connectivity index (χ0n) is 22.6. The summed E-state index contributed by atoms with van der Waals surface area (Å²) in [4.78, 5) is 4.61. The number of nitrogens with zero attached hydrogens (tertiary/aromatic N) is 2. The molecule has 0 bridgehead atoms. The zero-order chi connectivity index (χ0) is 27.7. The zero-order valence-corrected chi connectivity index (χ0v) is 22.6. The number of aliphatic hydroxyl groups is 2. The highest BCUT2D eigenvalue weighted by Crippen LogP contribution is 2.30. The van der Waals surface area contributed by atoms with Crippen LogP contribution in [-0.2, 0) is 11.2 Å². The van der Waals surface area contributed by atoms with Gasteiger partial charge in [-0.05, 0) is 0 Å². The van der Waals surface area contributed by atoms with Crippen LogP contribution in [0.3, 0.4) is 0 Å². The Bertz CT molecular complexity index is 1280. The van der Waals surface area contributed by atoms with Gasteiger partial charge >= 0.3 is 0 Å². The van der Waals surface area contributed by atoms with Crippen molar-refractivity contribution >= 4 is 0 Å². The van der Waals surface area contributed by atoms with E-state index in [9.17, 15) is 10.2 Å². The average molecular weight is 527 g/mol. The summed E-state index contributed by atoms with van der Waals surface area (Å²) in [6.45, 7) is 4.65. The summed E-state index contributed by atoms with van der Waals surface area (Å²) in [5.41, 5.74) is 0.361. The van der Waals surface area contributed by atoms with Crippen molar-refractivity contribution < 1.29 is 10.2 Å². The maximum absolute atomic E-state index is 11.6. The Morgan fingerprint density at radius 1 is 0.450 bits per heavy atom. The number of benzene rings is 4. The predicted molar refractivity (Wildman–Crippen MR) is 160 cm³/mol. The van der Waals surface area contributed by atoms with Gasteiger partial charge in [0.1, 0.15) is 0 Å². The third kappa shape index (κ3) is 6.35. The van der Waals surface area contributed by atoms with E-state index in [0.717, 1.165) is 48.4 Å². The Labute approximate surface area is 237 Å². The summed E-state index contributed by atoms with van der Waals surface area (Å²) in [6, 6.07) is 38.5. The molecule has 5 rings (SSSR count). The largest absolute Gasteiger partial charge is 0.369 e. The summed E-state index contributed by atoms with van der Waals surface area (Å²) in [5.74, 6) is 12.8. The molecule has 1 aliphatic heterocycles. The maximum atomic E-state index is 11.6. The lowest BCUT2D eigenvalue weighted by molar-refractivity contribution is 0.142. The van der Waals surface area contributed by atoms with Gasteiger partial charge in [0.15, 0.2) is 11.2 Å². The molecule has 0 spiro atoms. The molecule has 1 aliphatic rings. The first-order valence-electron chi connectivity index (χ1n) is 13.7. The van der Waals surface area contributed by atoms with E-state index in [1.54, 1.807) is 0 Å². The fraction of sp³-hybridized carbons (Fsp3) is 0.222. The van der Waals surface area contributed by atoms with Crippen LogP contribution < -0.4 is 0 Å². The fourth-order valence-corrected chi connectivity index (χ4v) is 5.00. The van der Waals surface area contributed by atoms with Crippen molar-refractivity contribution in [2.24, 2.45) is 0 Å². The minimum Gasteiger partial charge on any atom is -0.369 e. The van der Waals surface area contributed by atoms with Gasteiger partial charge in [-0.25, -0.2) is 0 Å². The van der Waals surface area contributed by atoms with Gasteiger partial charge in [-0.3, -0.25) is 9.80 Å². The number of piperazine rings is 1. The molecule has 4 heteroatoms. The summed E-state index contributed by atoms with van der Waals surface area (Å²) in [5, 5.41) is 23.2. The van der Waals surface area contributed by atoms with E-state index in [1.807, 2.05) is 121 Å². The molecule has 0 atom stereocenters. The summed E-state index contributed by atoms with van der Waals surface area (Å²) in [7, 11) is 0. The van der Waals surface area contributed by atoms with Crippen LogP contribution in [0.15, 0.2) is 121 Å². The lowest BCUT2D eigenvalue weighted by Gasteiger charge is -2.32. The van der Waals surface area contributed by atoms with Crippen LogP contribution in [0.2, 0.25) is 0 Å². The molecule has 1 heterocycles. The van der Waals surface area contributed by atoms with Crippen molar-refractivity contribution in [3.8, 4) is 23.7 Å². The number of hydrogen-bond acceptors (Lipinski definition) is 4. The fourth-order valence-electron chi connectivity index (χ4n) is 5.00. The molecular formula is C36H34N2O2. The van der Waals surface area contributed by atoms with E-state index >= 15 is 0 Å². The lowest BCUT2D eigenvalue weighted by atomic mass is 9.87. The molecule has 200 valence electrons. The first-order valence-corrected chi connectivity index (χ1v) is 13.7. The molecule has 4 aromatic carbocycles. The third-order valence-electron chi connectivity index (χ3n) is 7.38. The van der Waals surface area contributed by atoms with Crippen LogP contribution >= 0.6 is 0 Å². The Balaban J connectivity index is 1.21. The van der Waals surface area contributed by atoms with Crippen molar-refractivity contribution in [2.45, 2.75) is 11.2 Å². The molecule has 0 unspecified atom stereocenters. The topological polar surface area (TPSA) is 46.9 Å². The Kier molecular flexibility index (Phi) is 8.77. The standard InChI is InChI=1S/C36H34N2O2/c39-35(31-15-5-1-6-16-31,32-17-7-2-8-18-32)23-13-25-37-27-29-38(30-28-37)26-14-24-36(40,33-19-9-3-10-20-33)34-21-11-4-12-22-34/h1-12,15-22,39-40H,25-30H2. The van der Waals surface area contributed by atoms with E-state index in [-0.39, 0.29) is 0 Å². The van der Waals surface area contributed by atoms with Crippen LogP contribution in [0.25, 0.3) is 0 Å². The van der Waals surface area contributed by atoms with Crippen molar-refractivity contribution in [2.75, 3.05) is 39.3 Å². The van der Waals surface area contributed by atoms with Gasteiger partial charge in [0.2, 0.25) is 0 Å². The van der Waals surface area contributed by atoms with Crippen LogP contribution in [0.4, 0.5) is 0 Å². The van der Waals surface area contributed by atoms with E-state index < -0.39 is 11.2 Å². The molecule has 0 aromatic heterocycles. The van der Waals surface area contributed by atoms with Gasteiger partial charge in [-0.1, -0.05) is 145 Å². The summed E-state index contributed by atoms with van der Waals surface area (Å²) >= 11 is 0. The molecule has 0 radical (unpaired) electrons. The van der Waals surface area contributed by atoms with Gasteiger partial charge in [0.25, 0.3) is 0 Å². The molecule has 0 saturated carbocycles. The van der Waals surface area contributed by atoms with Crippen LogP contribution in [0.5, 0.6) is 0 Å². The lowest BCUT2D eigenvalue weighted by Crippen LogP contribution is -2.46. The molecule has 0 aliphatic carbocycles. The first-order chi connectivity index (χ1) is 19.6. The smallest absolute Gasteiger partial charge is 0.176 e. The normalized spacial score (nSPS) is 14.4. The van der Waals surface area contributed by atoms with Gasteiger partial charge in [0.05, 0.1) is 13.1 Å². The van der Waals surface area contributed by atoms with Crippen molar-refractivity contribution in [3.63, 3.8) is 0 Å². The minimum atomic E-state index is -1.35. The quantitative estimate of drug-likeness (QED) is 0.364. The highest BCUT2D eigenvalue weighted by atomic mass is 16.3. The molecule has 4 nitrogen and oxygen atoms in total. The predicted octanol–water partition coefficient (Wildman–Crippen LogP) is 4.48. The van der Waals surface area contributed by atoms with Gasteiger partial charge in [-0.15, -0.1) is 0 Å². The van der Waals surface area contributed by atoms with E-state index in [1.165, 1.54) is 0 Å². The first kappa shape index (κ1) is 27.4. The van der Waals surface area contributed by atoms with E-state index in [4.69, 9.17) is 0 Å². The van der Waals surface area contributed by atoms with Crippen LogP contribution in [-0.4, -0.2) is 59.3 Å². The number of rotatable bonds is 6. The molecule has 40 heavy (non-hydrogen) atoms. The second kappa shape index (κ2) is 12.8. The SMILES string of the molecule is OC(C#CCN1CCN(CC#CC(O)(c2ccccc2)c2ccccc2)CC1)(c1ccccc1)c1ccccc1. The molecule has 2 N–H and O–H groups in total. The van der Waals surface area contributed by atoms with Gasteiger partial charge < -0.3 is 10.2 Å². The monoisotopic (exact) mass is 526 g/mol. The minimum absolute atomic E-state index is 0.587.